The molecule has 118 valence electrons. The molecule has 1 aromatic heterocycles. The third kappa shape index (κ3) is 3.80. The summed E-state index contributed by atoms with van der Waals surface area (Å²) in [5.74, 6) is 0. The van der Waals surface area contributed by atoms with E-state index in [1.165, 1.54) is 4.68 Å². The van der Waals surface area contributed by atoms with Crippen molar-refractivity contribution in [2.75, 3.05) is 31.7 Å². The minimum absolute atomic E-state index is 0.129. The molecule has 0 atom stereocenters. The van der Waals surface area contributed by atoms with Crippen LogP contribution in [0, 0.1) is 0 Å². The maximum Gasteiger partial charge on any atom is 0.292 e. The van der Waals surface area contributed by atoms with E-state index in [4.69, 9.17) is 27.9 Å². The number of halogens is 2. The van der Waals surface area contributed by atoms with Gasteiger partial charge in [-0.05, 0) is 31.2 Å². The van der Waals surface area contributed by atoms with Crippen LogP contribution >= 0.6 is 23.2 Å². The standard InChI is InChI=1S/C15H17Cl2N3O2/c1-3-22-9-8-19(2)13-10-18-20(15(21)14(13)17)12-6-4-11(16)5-7-12/h4-7,10H,3,8-9H2,1-2H3. The van der Waals surface area contributed by atoms with Gasteiger partial charge >= 0.3 is 0 Å². The predicted octanol–water partition coefficient (Wildman–Crippen LogP) is 3.01. The highest BCUT2D eigenvalue weighted by molar-refractivity contribution is 6.33. The number of likely N-dealkylation sites (N-methyl/N-ethyl adjacent to an activating group) is 1. The number of hydrogen-bond donors (Lipinski definition) is 0. The number of aromatic nitrogens is 2. The fourth-order valence-electron chi connectivity index (χ4n) is 1.92. The molecule has 0 bridgehead atoms. The van der Waals surface area contributed by atoms with Crippen molar-refractivity contribution in [2.24, 2.45) is 0 Å². The van der Waals surface area contributed by atoms with Gasteiger partial charge in [0.15, 0.2) is 0 Å². The molecule has 22 heavy (non-hydrogen) atoms. The first-order valence-electron chi connectivity index (χ1n) is 6.87. The lowest BCUT2D eigenvalue weighted by Gasteiger charge is -2.20. The van der Waals surface area contributed by atoms with Crippen LogP contribution in [-0.2, 0) is 4.74 Å². The Morgan fingerprint density at radius 2 is 1.95 bits per heavy atom. The summed E-state index contributed by atoms with van der Waals surface area (Å²) in [5, 5.41) is 4.90. The largest absolute Gasteiger partial charge is 0.380 e. The summed E-state index contributed by atoms with van der Waals surface area (Å²) in [7, 11) is 1.84. The van der Waals surface area contributed by atoms with Crippen LogP contribution in [0.1, 0.15) is 6.92 Å². The zero-order valence-corrected chi connectivity index (χ0v) is 13.9. The van der Waals surface area contributed by atoms with Gasteiger partial charge in [-0.1, -0.05) is 23.2 Å². The average Bonchev–Trinajstić information content (AvgIpc) is 2.51. The molecule has 0 unspecified atom stereocenters. The van der Waals surface area contributed by atoms with Gasteiger partial charge < -0.3 is 9.64 Å². The van der Waals surface area contributed by atoms with Crippen molar-refractivity contribution in [3.63, 3.8) is 0 Å². The van der Waals surface area contributed by atoms with Crippen LogP contribution in [0.25, 0.3) is 5.69 Å². The maximum absolute atomic E-state index is 12.4. The van der Waals surface area contributed by atoms with Crippen LogP contribution in [0.15, 0.2) is 35.3 Å². The van der Waals surface area contributed by atoms with Gasteiger partial charge in [0.05, 0.1) is 24.2 Å². The van der Waals surface area contributed by atoms with Crippen molar-refractivity contribution < 1.29 is 4.74 Å². The van der Waals surface area contributed by atoms with Gasteiger partial charge in [0.25, 0.3) is 5.56 Å². The van der Waals surface area contributed by atoms with E-state index >= 15 is 0 Å². The van der Waals surface area contributed by atoms with E-state index in [1.54, 1.807) is 30.5 Å². The molecule has 0 spiro atoms. The monoisotopic (exact) mass is 341 g/mol. The topological polar surface area (TPSA) is 47.4 Å². The molecule has 2 aromatic rings. The Balaban J connectivity index is 2.29. The van der Waals surface area contributed by atoms with Crippen molar-refractivity contribution in [2.45, 2.75) is 6.92 Å². The highest BCUT2D eigenvalue weighted by atomic mass is 35.5. The van der Waals surface area contributed by atoms with Gasteiger partial charge in [-0.15, -0.1) is 0 Å². The predicted molar refractivity (Wildman–Crippen MR) is 89.6 cm³/mol. The quantitative estimate of drug-likeness (QED) is 0.757. The summed E-state index contributed by atoms with van der Waals surface area (Å²) < 4.78 is 6.55. The molecule has 0 saturated carbocycles. The van der Waals surface area contributed by atoms with Crippen LogP contribution in [0.4, 0.5) is 5.69 Å². The number of benzene rings is 1. The molecule has 7 heteroatoms. The minimum Gasteiger partial charge on any atom is -0.380 e. The Morgan fingerprint density at radius 1 is 1.27 bits per heavy atom. The van der Waals surface area contributed by atoms with Crippen molar-refractivity contribution >= 4 is 28.9 Å². The third-order valence-electron chi connectivity index (χ3n) is 3.16. The van der Waals surface area contributed by atoms with Crippen LogP contribution in [0.2, 0.25) is 10.0 Å². The van der Waals surface area contributed by atoms with Gasteiger partial charge in [0.2, 0.25) is 0 Å². The fraction of sp³-hybridized carbons (Fsp3) is 0.333. The summed E-state index contributed by atoms with van der Waals surface area (Å²) in [4.78, 5) is 14.2. The number of nitrogens with zero attached hydrogens (tertiary/aromatic N) is 3. The second kappa shape index (κ2) is 7.63. The van der Waals surface area contributed by atoms with E-state index in [1.807, 2.05) is 18.9 Å². The molecule has 2 rings (SSSR count). The van der Waals surface area contributed by atoms with E-state index in [2.05, 4.69) is 5.10 Å². The molecular formula is C15H17Cl2N3O2. The van der Waals surface area contributed by atoms with Crippen molar-refractivity contribution in [3.05, 3.63) is 50.9 Å². The smallest absolute Gasteiger partial charge is 0.292 e. The number of anilines is 1. The lowest BCUT2D eigenvalue weighted by atomic mass is 10.3. The Bertz CT molecular complexity index is 686. The highest BCUT2D eigenvalue weighted by Crippen LogP contribution is 2.20. The summed E-state index contributed by atoms with van der Waals surface area (Å²) in [6, 6.07) is 6.82. The molecule has 0 aliphatic heterocycles. The minimum atomic E-state index is -0.371. The van der Waals surface area contributed by atoms with Crippen molar-refractivity contribution in [3.8, 4) is 5.69 Å². The molecule has 0 radical (unpaired) electrons. The zero-order chi connectivity index (χ0) is 16.1. The first-order chi connectivity index (χ1) is 10.5. The SMILES string of the molecule is CCOCCN(C)c1cnn(-c2ccc(Cl)cc2)c(=O)c1Cl. The second-order valence-corrected chi connectivity index (χ2v) is 5.47. The second-order valence-electron chi connectivity index (χ2n) is 4.66. The first-order valence-corrected chi connectivity index (χ1v) is 7.62. The Labute approximate surface area is 139 Å². The van der Waals surface area contributed by atoms with Crippen LogP contribution < -0.4 is 10.5 Å². The fourth-order valence-corrected chi connectivity index (χ4v) is 2.32. The van der Waals surface area contributed by atoms with E-state index in [0.29, 0.717) is 36.2 Å². The molecule has 0 aliphatic carbocycles. The van der Waals surface area contributed by atoms with Crippen LogP contribution in [0.5, 0.6) is 0 Å². The molecule has 0 aliphatic rings. The Morgan fingerprint density at radius 3 is 2.59 bits per heavy atom. The van der Waals surface area contributed by atoms with Crippen LogP contribution in [0.3, 0.4) is 0 Å². The molecule has 0 saturated heterocycles. The van der Waals surface area contributed by atoms with Crippen molar-refractivity contribution in [1.29, 1.82) is 0 Å². The van der Waals surface area contributed by atoms with Gasteiger partial charge in [-0.3, -0.25) is 4.79 Å². The normalized spacial score (nSPS) is 10.7. The van der Waals surface area contributed by atoms with E-state index in [9.17, 15) is 4.79 Å². The highest BCUT2D eigenvalue weighted by Gasteiger charge is 2.13. The lowest BCUT2D eigenvalue weighted by molar-refractivity contribution is 0.154. The summed E-state index contributed by atoms with van der Waals surface area (Å²) in [6.07, 6.45) is 1.57. The maximum atomic E-state index is 12.4. The number of hydrogen-bond acceptors (Lipinski definition) is 4. The summed E-state index contributed by atoms with van der Waals surface area (Å²) in [5.41, 5.74) is 0.821. The molecule has 1 aromatic carbocycles. The van der Waals surface area contributed by atoms with Gasteiger partial charge in [-0.2, -0.15) is 9.78 Å². The molecule has 0 N–H and O–H groups in total. The third-order valence-corrected chi connectivity index (χ3v) is 3.77. The summed E-state index contributed by atoms with van der Waals surface area (Å²) in [6.45, 7) is 3.77. The Hall–Kier alpha value is -1.56. The van der Waals surface area contributed by atoms with E-state index in [0.717, 1.165) is 0 Å². The lowest BCUT2D eigenvalue weighted by Crippen LogP contribution is -2.28. The van der Waals surface area contributed by atoms with Gasteiger partial charge in [0, 0.05) is 25.2 Å². The van der Waals surface area contributed by atoms with E-state index < -0.39 is 0 Å². The first kappa shape index (κ1) is 16.8. The average molecular weight is 342 g/mol. The van der Waals surface area contributed by atoms with Gasteiger partial charge in [0.1, 0.15) is 5.02 Å². The summed E-state index contributed by atoms with van der Waals surface area (Å²) >= 11 is 12.1. The number of rotatable bonds is 6. The van der Waals surface area contributed by atoms with E-state index in [-0.39, 0.29) is 10.6 Å². The molecule has 1 heterocycles. The molecule has 0 fully saturated rings. The Kier molecular flexibility index (Phi) is 5.83. The molecule has 5 nitrogen and oxygen atoms in total. The van der Waals surface area contributed by atoms with Gasteiger partial charge in [-0.25, -0.2) is 0 Å². The molecular weight excluding hydrogens is 325 g/mol. The number of ether oxygens (including phenoxy) is 1. The van der Waals surface area contributed by atoms with Crippen molar-refractivity contribution in [1.82, 2.24) is 9.78 Å². The molecule has 0 amide bonds. The zero-order valence-electron chi connectivity index (χ0n) is 12.4. The van der Waals surface area contributed by atoms with Crippen LogP contribution in [-0.4, -0.2) is 36.6 Å².